The number of carbonyl (C=O) groups is 2. The van der Waals surface area contributed by atoms with E-state index in [0.29, 0.717) is 0 Å². The number of nitrogens with one attached hydrogen (secondary N) is 1. The maximum absolute atomic E-state index is 12.3. The highest BCUT2D eigenvalue weighted by molar-refractivity contribution is 7.84. The molecular weight excluding hydrogens is 362 g/mol. The summed E-state index contributed by atoms with van der Waals surface area (Å²) >= 11 is 1.05. The predicted octanol–water partition coefficient (Wildman–Crippen LogP) is -1.79. The van der Waals surface area contributed by atoms with Crippen molar-refractivity contribution in [1.29, 1.82) is 0 Å². The SMILES string of the molecule is C#C[C@@H]1[C@H](NC(=O)C(=NOC)c2csc(N)n2)C(=O)N1S(=O)(=O)O. The molecule has 4 N–H and O–H groups in total. The van der Waals surface area contributed by atoms with Crippen molar-refractivity contribution in [2.75, 3.05) is 12.8 Å². The van der Waals surface area contributed by atoms with E-state index < -0.39 is 34.2 Å². The van der Waals surface area contributed by atoms with Crippen molar-refractivity contribution >= 4 is 44.3 Å². The summed E-state index contributed by atoms with van der Waals surface area (Å²) in [6, 6.07) is -2.71. The number of rotatable bonds is 5. The first kappa shape index (κ1) is 17.7. The average Bonchev–Trinajstić information content (AvgIpc) is 2.91. The van der Waals surface area contributed by atoms with Crippen LogP contribution in [0.15, 0.2) is 10.5 Å². The summed E-state index contributed by atoms with van der Waals surface area (Å²) in [6.07, 6.45) is 5.15. The third kappa shape index (κ3) is 3.15. The van der Waals surface area contributed by atoms with Gasteiger partial charge in [0.05, 0.1) is 0 Å². The molecule has 0 aromatic carbocycles. The highest BCUT2D eigenvalue weighted by Crippen LogP contribution is 2.23. The van der Waals surface area contributed by atoms with Crippen LogP contribution < -0.4 is 11.1 Å². The van der Waals surface area contributed by atoms with Crippen molar-refractivity contribution < 1.29 is 27.4 Å². The molecule has 1 aliphatic heterocycles. The van der Waals surface area contributed by atoms with Crippen LogP contribution in [0.2, 0.25) is 0 Å². The standard InChI is InChI=1S/C11H11N5O6S2/c1-3-6-8(10(18)16(6)24(19,20)21)14-9(17)7(15-22-2)5-4-23-11(12)13-5/h1,4,6,8H,2H3,(H2,12,13)(H,14,17)(H,19,20,21)/t6-,8+/m1/s1. The number of terminal acetylenes is 1. The topological polar surface area (TPSA) is 164 Å². The Morgan fingerprint density at radius 3 is 2.79 bits per heavy atom. The predicted molar refractivity (Wildman–Crippen MR) is 83.0 cm³/mol. The van der Waals surface area contributed by atoms with Crippen molar-refractivity contribution in [3.8, 4) is 12.3 Å². The number of β-lactam (4-membered cyclic amide) rings is 1. The molecule has 2 heterocycles. The first-order valence-corrected chi connectivity index (χ1v) is 8.38. The van der Waals surface area contributed by atoms with Crippen LogP contribution in [0.3, 0.4) is 0 Å². The van der Waals surface area contributed by atoms with Crippen molar-refractivity contribution in [2.24, 2.45) is 5.16 Å². The number of anilines is 1. The van der Waals surface area contributed by atoms with E-state index in [1.165, 1.54) is 12.5 Å². The molecule has 128 valence electrons. The Morgan fingerprint density at radius 1 is 1.67 bits per heavy atom. The monoisotopic (exact) mass is 373 g/mol. The fourth-order valence-corrected chi connectivity index (χ4v) is 3.28. The molecule has 0 aliphatic carbocycles. The first-order chi connectivity index (χ1) is 11.2. The van der Waals surface area contributed by atoms with E-state index >= 15 is 0 Å². The lowest BCUT2D eigenvalue weighted by molar-refractivity contribution is -0.142. The van der Waals surface area contributed by atoms with Gasteiger partial charge in [0, 0.05) is 5.38 Å². The normalized spacial score (nSPS) is 21.0. The summed E-state index contributed by atoms with van der Waals surface area (Å²) in [7, 11) is -3.62. The highest BCUT2D eigenvalue weighted by Gasteiger charge is 2.53. The molecule has 0 unspecified atom stereocenters. The van der Waals surface area contributed by atoms with Crippen LogP contribution in [-0.2, 0) is 24.7 Å². The van der Waals surface area contributed by atoms with Gasteiger partial charge in [0.2, 0.25) is 0 Å². The van der Waals surface area contributed by atoms with E-state index in [1.54, 1.807) is 0 Å². The number of oxime groups is 1. The van der Waals surface area contributed by atoms with Gasteiger partial charge in [0.1, 0.15) is 24.9 Å². The number of aromatic nitrogens is 1. The molecule has 2 rings (SSSR count). The molecule has 1 saturated heterocycles. The van der Waals surface area contributed by atoms with Crippen molar-refractivity contribution in [3.05, 3.63) is 11.1 Å². The molecule has 1 aromatic heterocycles. The quantitative estimate of drug-likeness (QED) is 0.179. The van der Waals surface area contributed by atoms with Gasteiger partial charge in [0.25, 0.3) is 11.8 Å². The van der Waals surface area contributed by atoms with E-state index in [-0.39, 0.29) is 20.8 Å². The molecular formula is C11H11N5O6S2. The van der Waals surface area contributed by atoms with Gasteiger partial charge in [-0.2, -0.15) is 12.7 Å². The molecule has 0 radical (unpaired) electrons. The highest BCUT2D eigenvalue weighted by atomic mass is 32.2. The second-order valence-corrected chi connectivity index (χ2v) is 6.55. The van der Waals surface area contributed by atoms with Crippen molar-refractivity contribution in [3.63, 3.8) is 0 Å². The van der Waals surface area contributed by atoms with Gasteiger partial charge in [0.15, 0.2) is 10.8 Å². The van der Waals surface area contributed by atoms with Gasteiger partial charge < -0.3 is 15.9 Å². The Bertz CT molecular complexity index is 855. The second-order valence-electron chi connectivity index (χ2n) is 4.37. The number of nitrogens with zero attached hydrogens (tertiary/aromatic N) is 3. The molecule has 1 fully saturated rings. The van der Waals surface area contributed by atoms with Gasteiger partial charge in [-0.25, -0.2) is 4.98 Å². The average molecular weight is 373 g/mol. The summed E-state index contributed by atoms with van der Waals surface area (Å²) in [4.78, 5) is 32.5. The number of thiazole rings is 1. The fourth-order valence-electron chi connectivity index (χ4n) is 1.93. The summed E-state index contributed by atoms with van der Waals surface area (Å²) in [5, 5.41) is 7.36. The lowest BCUT2D eigenvalue weighted by atomic mass is 9.99. The molecule has 1 aliphatic rings. The summed E-state index contributed by atoms with van der Waals surface area (Å²) in [5.41, 5.74) is 5.31. The number of nitrogen functional groups attached to an aromatic ring is 1. The minimum Gasteiger partial charge on any atom is -0.398 e. The summed E-state index contributed by atoms with van der Waals surface area (Å²) in [5.74, 6) is 0.0461. The number of nitrogens with two attached hydrogens (primary N) is 1. The first-order valence-electron chi connectivity index (χ1n) is 6.11. The van der Waals surface area contributed by atoms with E-state index in [1.807, 2.05) is 5.92 Å². The Kier molecular flexibility index (Phi) is 4.73. The van der Waals surface area contributed by atoms with Crippen LogP contribution in [0, 0.1) is 12.3 Å². The zero-order valence-corrected chi connectivity index (χ0v) is 13.7. The summed E-state index contributed by atoms with van der Waals surface area (Å²) < 4.78 is 31.2. The maximum Gasteiger partial charge on any atom is 0.363 e. The summed E-state index contributed by atoms with van der Waals surface area (Å²) in [6.45, 7) is 0. The Balaban J connectivity index is 2.21. The van der Waals surface area contributed by atoms with Gasteiger partial charge in [-0.15, -0.1) is 17.8 Å². The minimum absolute atomic E-state index is 0.0892. The molecule has 13 heteroatoms. The van der Waals surface area contributed by atoms with Crippen LogP contribution in [-0.4, -0.2) is 59.0 Å². The number of carbonyl (C=O) groups excluding carboxylic acids is 2. The molecule has 0 bridgehead atoms. The largest absolute Gasteiger partial charge is 0.398 e. The van der Waals surface area contributed by atoms with Gasteiger partial charge in [-0.1, -0.05) is 11.1 Å². The number of amides is 2. The van der Waals surface area contributed by atoms with Crippen LogP contribution in [0.25, 0.3) is 0 Å². The smallest absolute Gasteiger partial charge is 0.363 e. The lowest BCUT2D eigenvalue weighted by Crippen LogP contribution is -2.71. The van der Waals surface area contributed by atoms with Crippen molar-refractivity contribution in [2.45, 2.75) is 12.1 Å². The molecule has 0 spiro atoms. The number of hydrogen-bond acceptors (Lipinski definition) is 9. The third-order valence-corrected chi connectivity index (χ3v) is 4.50. The molecule has 1 aromatic rings. The third-order valence-electron chi connectivity index (χ3n) is 2.92. The Hall–Kier alpha value is -2.69. The zero-order valence-electron chi connectivity index (χ0n) is 12.0. The second kappa shape index (κ2) is 6.43. The molecule has 0 saturated carbocycles. The number of hydrogen-bond donors (Lipinski definition) is 3. The molecule has 2 amide bonds. The molecule has 24 heavy (non-hydrogen) atoms. The van der Waals surface area contributed by atoms with Crippen LogP contribution in [0.1, 0.15) is 5.69 Å². The van der Waals surface area contributed by atoms with Gasteiger partial charge in [-0.3, -0.25) is 14.1 Å². The molecule has 11 nitrogen and oxygen atoms in total. The van der Waals surface area contributed by atoms with E-state index in [4.69, 9.17) is 16.7 Å². The van der Waals surface area contributed by atoms with Crippen molar-refractivity contribution in [1.82, 2.24) is 14.6 Å². The lowest BCUT2D eigenvalue weighted by Gasteiger charge is -2.41. The van der Waals surface area contributed by atoms with E-state index in [9.17, 15) is 18.0 Å². The van der Waals surface area contributed by atoms with Crippen LogP contribution in [0.5, 0.6) is 0 Å². The molecule has 2 atom stereocenters. The minimum atomic E-state index is -4.82. The zero-order chi connectivity index (χ0) is 18.1. The van der Waals surface area contributed by atoms with E-state index in [2.05, 4.69) is 20.3 Å². The van der Waals surface area contributed by atoms with Gasteiger partial charge in [-0.05, 0) is 0 Å². The Morgan fingerprint density at radius 2 is 2.33 bits per heavy atom. The van der Waals surface area contributed by atoms with Gasteiger partial charge >= 0.3 is 10.3 Å². The maximum atomic E-state index is 12.3. The van der Waals surface area contributed by atoms with Crippen LogP contribution >= 0.6 is 11.3 Å². The fraction of sp³-hybridized carbons (Fsp3) is 0.273. The van der Waals surface area contributed by atoms with E-state index in [0.717, 1.165) is 11.3 Å². The Labute approximate surface area is 140 Å². The van der Waals surface area contributed by atoms with Crippen LogP contribution in [0.4, 0.5) is 5.13 Å².